The van der Waals surface area contributed by atoms with Crippen LogP contribution in [0.25, 0.3) is 0 Å². The molecule has 138 valence electrons. The number of ketones is 1. The van der Waals surface area contributed by atoms with Crippen LogP contribution in [0.1, 0.15) is 39.5 Å². The second-order valence-electron chi connectivity index (χ2n) is 7.75. The quantitative estimate of drug-likeness (QED) is 0.788. The zero-order valence-corrected chi connectivity index (χ0v) is 14.5. The van der Waals surface area contributed by atoms with Gasteiger partial charge in [-0.3, -0.25) is 4.79 Å². The Kier molecular flexibility index (Phi) is 5.88. The lowest BCUT2D eigenvalue weighted by Gasteiger charge is -2.38. The molecule has 6 heteroatoms. The van der Waals surface area contributed by atoms with Gasteiger partial charge in [0.25, 0.3) is 0 Å². The monoisotopic (exact) mass is 346 g/mol. The number of carbonyl (C=O) groups excluding carboxylic acids is 1. The molecule has 2 saturated heterocycles. The molecule has 0 aromatic rings. The molecule has 2 aliphatic heterocycles. The molecule has 6 unspecified atom stereocenters. The highest BCUT2D eigenvalue weighted by Crippen LogP contribution is 2.36. The number of Topliss-reactive ketones (excluding diaryl/α,β-unsaturated/α-hetero) is 1. The van der Waals surface area contributed by atoms with E-state index in [1.54, 1.807) is 6.92 Å². The van der Waals surface area contributed by atoms with Gasteiger partial charge in [0.15, 0.2) is 12.1 Å². The van der Waals surface area contributed by atoms with Crippen LogP contribution in [0.4, 0.5) is 8.78 Å². The van der Waals surface area contributed by atoms with Gasteiger partial charge >= 0.3 is 0 Å². The first-order chi connectivity index (χ1) is 11.5. The normalized spacial score (nSPS) is 47.3. The Balaban J connectivity index is 1.50. The fraction of sp³-hybridized carbons (Fsp3) is 0.944. The highest BCUT2D eigenvalue weighted by Gasteiger charge is 2.45. The molecule has 4 nitrogen and oxygen atoms in total. The zero-order valence-electron chi connectivity index (χ0n) is 14.5. The molecule has 2 heterocycles. The van der Waals surface area contributed by atoms with Crippen LogP contribution in [0.15, 0.2) is 0 Å². The molecule has 3 fully saturated rings. The van der Waals surface area contributed by atoms with Crippen LogP contribution < -0.4 is 0 Å². The molecule has 1 saturated carbocycles. The van der Waals surface area contributed by atoms with Crippen LogP contribution in [0.3, 0.4) is 0 Å². The fourth-order valence-electron chi connectivity index (χ4n) is 3.93. The molecular weight excluding hydrogens is 318 g/mol. The first kappa shape index (κ1) is 18.2. The summed E-state index contributed by atoms with van der Waals surface area (Å²) < 4.78 is 45.2. The van der Waals surface area contributed by atoms with E-state index in [1.165, 1.54) is 0 Å². The summed E-state index contributed by atoms with van der Waals surface area (Å²) in [5.74, 6) is -0.953. The average Bonchev–Trinajstić information content (AvgIpc) is 2.60. The van der Waals surface area contributed by atoms with E-state index in [1.807, 2.05) is 0 Å². The second kappa shape index (κ2) is 7.75. The maximum atomic E-state index is 14.2. The summed E-state index contributed by atoms with van der Waals surface area (Å²) >= 11 is 0. The lowest BCUT2D eigenvalue weighted by atomic mass is 9.76. The van der Waals surface area contributed by atoms with E-state index in [-0.39, 0.29) is 23.9 Å². The first-order valence-electron chi connectivity index (χ1n) is 9.14. The number of hydrogen-bond acceptors (Lipinski definition) is 4. The van der Waals surface area contributed by atoms with Gasteiger partial charge in [-0.15, -0.1) is 0 Å². The van der Waals surface area contributed by atoms with Gasteiger partial charge in [0.2, 0.25) is 0 Å². The van der Waals surface area contributed by atoms with Crippen molar-refractivity contribution in [3.8, 4) is 0 Å². The van der Waals surface area contributed by atoms with Crippen molar-refractivity contribution in [1.82, 2.24) is 0 Å². The van der Waals surface area contributed by atoms with E-state index in [9.17, 15) is 13.6 Å². The molecule has 0 amide bonds. The largest absolute Gasteiger partial charge is 0.370 e. The third-order valence-corrected chi connectivity index (χ3v) is 5.63. The summed E-state index contributed by atoms with van der Waals surface area (Å²) in [6.45, 7) is 5.48. The van der Waals surface area contributed by atoms with E-state index >= 15 is 0 Å². The topological polar surface area (TPSA) is 44.8 Å². The van der Waals surface area contributed by atoms with Gasteiger partial charge in [0.05, 0.1) is 25.7 Å². The number of hydrogen-bond donors (Lipinski definition) is 0. The number of rotatable bonds is 3. The predicted molar refractivity (Wildman–Crippen MR) is 84.0 cm³/mol. The maximum Gasteiger partial charge on any atom is 0.167 e. The predicted octanol–water partition coefficient (Wildman–Crippen LogP) is 3.08. The van der Waals surface area contributed by atoms with Crippen molar-refractivity contribution in [2.45, 2.75) is 64.3 Å². The molecular formula is C18H28F2O4. The minimum atomic E-state index is -1.70. The SMILES string of the molecule is CC1COC(C2CCC(C(=O)C3CCC(C)C(F)C3F)OC2)OC1. The number of carbonyl (C=O) groups is 1. The van der Waals surface area contributed by atoms with E-state index in [0.29, 0.717) is 45.0 Å². The average molecular weight is 346 g/mol. The van der Waals surface area contributed by atoms with Gasteiger partial charge in [0.1, 0.15) is 18.4 Å². The third-order valence-electron chi connectivity index (χ3n) is 5.63. The van der Waals surface area contributed by atoms with Crippen molar-refractivity contribution in [1.29, 1.82) is 0 Å². The Hall–Kier alpha value is -0.590. The van der Waals surface area contributed by atoms with Gasteiger partial charge in [-0.1, -0.05) is 13.8 Å². The van der Waals surface area contributed by atoms with Gasteiger partial charge in [-0.25, -0.2) is 8.78 Å². The summed E-state index contributed by atoms with van der Waals surface area (Å²) in [5.41, 5.74) is 0. The summed E-state index contributed by atoms with van der Waals surface area (Å²) in [4.78, 5) is 12.5. The minimum absolute atomic E-state index is 0.100. The smallest absolute Gasteiger partial charge is 0.167 e. The summed E-state index contributed by atoms with van der Waals surface area (Å²) in [7, 11) is 0. The van der Waals surface area contributed by atoms with Gasteiger partial charge < -0.3 is 14.2 Å². The van der Waals surface area contributed by atoms with E-state index in [4.69, 9.17) is 14.2 Å². The van der Waals surface area contributed by atoms with Gasteiger partial charge in [-0.2, -0.15) is 0 Å². The van der Waals surface area contributed by atoms with E-state index in [0.717, 1.165) is 6.42 Å². The molecule has 0 aromatic heterocycles. The van der Waals surface area contributed by atoms with Gasteiger partial charge in [0, 0.05) is 11.8 Å². The van der Waals surface area contributed by atoms with Crippen molar-refractivity contribution >= 4 is 5.78 Å². The summed E-state index contributed by atoms with van der Waals surface area (Å²) in [5, 5.41) is 0. The second-order valence-corrected chi connectivity index (χ2v) is 7.75. The van der Waals surface area contributed by atoms with Crippen molar-refractivity contribution in [3.63, 3.8) is 0 Å². The lowest BCUT2D eigenvalue weighted by molar-refractivity contribution is -0.238. The highest BCUT2D eigenvalue weighted by molar-refractivity contribution is 5.86. The van der Waals surface area contributed by atoms with Crippen LogP contribution in [0.5, 0.6) is 0 Å². The highest BCUT2D eigenvalue weighted by atomic mass is 19.2. The fourth-order valence-corrected chi connectivity index (χ4v) is 3.93. The van der Waals surface area contributed by atoms with E-state index in [2.05, 4.69) is 6.92 Å². The zero-order chi connectivity index (χ0) is 17.3. The first-order valence-corrected chi connectivity index (χ1v) is 9.14. The van der Waals surface area contributed by atoms with Crippen molar-refractivity contribution in [3.05, 3.63) is 0 Å². The Morgan fingerprint density at radius 3 is 2.21 bits per heavy atom. The summed E-state index contributed by atoms with van der Waals surface area (Å²) in [6, 6.07) is 0. The molecule has 3 rings (SSSR count). The molecule has 0 N–H and O–H groups in total. The summed E-state index contributed by atoms with van der Waals surface area (Å²) in [6.07, 6.45) is -1.91. The lowest BCUT2D eigenvalue weighted by Crippen LogP contribution is -2.47. The molecule has 24 heavy (non-hydrogen) atoms. The number of ether oxygens (including phenoxy) is 3. The molecule has 6 atom stereocenters. The molecule has 3 aliphatic rings. The van der Waals surface area contributed by atoms with Crippen molar-refractivity contribution < 1.29 is 27.8 Å². The molecule has 1 aliphatic carbocycles. The molecule has 0 aromatic carbocycles. The Morgan fingerprint density at radius 2 is 1.58 bits per heavy atom. The van der Waals surface area contributed by atoms with Crippen LogP contribution in [-0.4, -0.2) is 50.3 Å². The van der Waals surface area contributed by atoms with Crippen molar-refractivity contribution in [2.75, 3.05) is 19.8 Å². The standard InChI is InChI=1S/C18H28F2O4/c1-10-7-23-18(24-8-10)12-4-6-14(22-9-12)17(21)13-5-3-11(2)15(19)16(13)20/h10-16,18H,3-9H2,1-2H3. The van der Waals surface area contributed by atoms with E-state index < -0.39 is 24.4 Å². The number of halogens is 2. The van der Waals surface area contributed by atoms with Crippen molar-refractivity contribution in [2.24, 2.45) is 23.7 Å². The Morgan fingerprint density at radius 1 is 0.875 bits per heavy atom. The van der Waals surface area contributed by atoms with Crippen LogP contribution in [-0.2, 0) is 19.0 Å². The Bertz CT molecular complexity index is 431. The van der Waals surface area contributed by atoms with Crippen LogP contribution in [0, 0.1) is 23.7 Å². The Labute approximate surface area is 142 Å². The van der Waals surface area contributed by atoms with Crippen LogP contribution in [0.2, 0.25) is 0 Å². The number of alkyl halides is 2. The molecule has 0 spiro atoms. The van der Waals surface area contributed by atoms with Gasteiger partial charge in [-0.05, 0) is 31.6 Å². The molecule has 0 radical (unpaired) electrons. The maximum absolute atomic E-state index is 14.2. The third kappa shape index (κ3) is 3.81. The minimum Gasteiger partial charge on any atom is -0.370 e. The molecule has 0 bridgehead atoms. The van der Waals surface area contributed by atoms with Crippen LogP contribution >= 0.6 is 0 Å².